The molecule has 4 rings (SSSR count). The second-order valence-electron chi connectivity index (χ2n) is 6.43. The lowest BCUT2D eigenvalue weighted by molar-refractivity contribution is 0.0946. The molecule has 0 saturated carbocycles. The number of nitrogens with zero attached hydrogens (tertiary/aromatic N) is 2. The van der Waals surface area contributed by atoms with Crippen molar-refractivity contribution in [3.8, 4) is 11.4 Å². The highest BCUT2D eigenvalue weighted by Gasteiger charge is 2.17. The highest BCUT2D eigenvalue weighted by molar-refractivity contribution is 6.10. The summed E-state index contributed by atoms with van der Waals surface area (Å²) in [7, 11) is 0. The number of aromatic nitrogens is 3. The zero-order valence-electron chi connectivity index (χ0n) is 14.5. The lowest BCUT2D eigenvalue weighted by Crippen LogP contribution is -2.05. The Bertz CT molecular complexity index is 1060. The molecule has 2 heterocycles. The van der Waals surface area contributed by atoms with E-state index in [1.54, 1.807) is 11.5 Å². The van der Waals surface area contributed by atoms with E-state index in [0.29, 0.717) is 11.6 Å². The van der Waals surface area contributed by atoms with Gasteiger partial charge in [0, 0.05) is 17.9 Å². The van der Waals surface area contributed by atoms with Crippen LogP contribution in [0.5, 0.6) is 0 Å². The van der Waals surface area contributed by atoms with E-state index in [0.717, 1.165) is 27.8 Å². The van der Waals surface area contributed by atoms with Gasteiger partial charge in [-0.15, -0.1) is 0 Å². The van der Waals surface area contributed by atoms with Gasteiger partial charge in [0.2, 0.25) is 5.91 Å². The van der Waals surface area contributed by atoms with Crippen molar-refractivity contribution >= 4 is 28.0 Å². The van der Waals surface area contributed by atoms with Gasteiger partial charge in [0.1, 0.15) is 5.82 Å². The third-order valence-electron chi connectivity index (χ3n) is 4.48. The van der Waals surface area contributed by atoms with Gasteiger partial charge in [0.15, 0.2) is 5.65 Å². The van der Waals surface area contributed by atoms with Crippen LogP contribution in [-0.2, 0) is 0 Å². The van der Waals surface area contributed by atoms with E-state index < -0.39 is 0 Å². The molecule has 0 radical (unpaired) electrons. The SMILES string of the molecule is CC(=O)n1c2ccccc2c2[nH]c(-c3ccc(C(C)C)cc3)nc21.O. The summed E-state index contributed by atoms with van der Waals surface area (Å²) in [6.07, 6.45) is 0. The summed E-state index contributed by atoms with van der Waals surface area (Å²) in [5, 5.41) is 1.01. The Balaban J connectivity index is 0.00000182. The fourth-order valence-electron chi connectivity index (χ4n) is 3.19. The standard InChI is InChI=1S/C20H19N3O.H2O/c1-12(2)14-8-10-15(11-9-14)19-21-18-16-6-4-5-7-17(16)23(13(3)24)20(18)22-19;/h4-12H,1-3H3,(H,21,22);1H2. The molecule has 0 atom stereocenters. The molecule has 0 amide bonds. The summed E-state index contributed by atoms with van der Waals surface area (Å²) in [5.41, 5.74) is 4.80. The van der Waals surface area contributed by atoms with Crippen LogP contribution in [0, 0.1) is 0 Å². The smallest absolute Gasteiger partial charge is 0.229 e. The highest BCUT2D eigenvalue weighted by atomic mass is 16.1. The molecular weight excluding hydrogens is 314 g/mol. The maximum atomic E-state index is 12.1. The van der Waals surface area contributed by atoms with E-state index >= 15 is 0 Å². The van der Waals surface area contributed by atoms with Crippen molar-refractivity contribution in [2.75, 3.05) is 0 Å². The van der Waals surface area contributed by atoms with Crippen molar-refractivity contribution in [2.24, 2.45) is 0 Å². The van der Waals surface area contributed by atoms with E-state index in [1.807, 2.05) is 24.3 Å². The van der Waals surface area contributed by atoms with E-state index in [-0.39, 0.29) is 11.4 Å². The molecule has 3 N–H and O–H groups in total. The number of imidazole rings is 1. The second kappa shape index (κ2) is 6.18. The fraction of sp³-hybridized carbons (Fsp3) is 0.200. The summed E-state index contributed by atoms with van der Waals surface area (Å²) < 4.78 is 1.67. The molecule has 0 bridgehead atoms. The molecule has 0 aliphatic rings. The van der Waals surface area contributed by atoms with Crippen molar-refractivity contribution in [3.05, 3.63) is 54.1 Å². The minimum atomic E-state index is -0.0330. The van der Waals surface area contributed by atoms with Crippen LogP contribution in [0.1, 0.15) is 37.0 Å². The number of rotatable bonds is 2. The molecule has 0 saturated heterocycles. The molecule has 5 nitrogen and oxygen atoms in total. The van der Waals surface area contributed by atoms with Crippen molar-refractivity contribution in [2.45, 2.75) is 26.7 Å². The molecule has 5 heteroatoms. The first-order valence-electron chi connectivity index (χ1n) is 8.16. The van der Waals surface area contributed by atoms with Crippen LogP contribution in [0.15, 0.2) is 48.5 Å². The number of H-pyrrole nitrogens is 1. The number of benzene rings is 2. The molecule has 0 aliphatic heterocycles. The van der Waals surface area contributed by atoms with E-state index in [4.69, 9.17) is 4.98 Å². The van der Waals surface area contributed by atoms with Gasteiger partial charge in [-0.05, 0) is 17.5 Å². The summed E-state index contributed by atoms with van der Waals surface area (Å²) >= 11 is 0. The third-order valence-corrected chi connectivity index (χ3v) is 4.48. The topological polar surface area (TPSA) is 82.2 Å². The van der Waals surface area contributed by atoms with Crippen LogP contribution >= 0.6 is 0 Å². The van der Waals surface area contributed by atoms with Gasteiger partial charge >= 0.3 is 0 Å². The van der Waals surface area contributed by atoms with Crippen LogP contribution in [0.4, 0.5) is 0 Å². The van der Waals surface area contributed by atoms with Crippen LogP contribution in [-0.4, -0.2) is 25.9 Å². The number of carbonyl (C=O) groups is 1. The summed E-state index contributed by atoms with van der Waals surface area (Å²) in [6.45, 7) is 5.92. The van der Waals surface area contributed by atoms with Crippen molar-refractivity contribution in [3.63, 3.8) is 0 Å². The zero-order valence-corrected chi connectivity index (χ0v) is 14.5. The maximum Gasteiger partial charge on any atom is 0.229 e. The Morgan fingerprint density at radius 3 is 2.40 bits per heavy atom. The van der Waals surface area contributed by atoms with E-state index in [2.05, 4.69) is 43.1 Å². The first-order chi connectivity index (χ1) is 11.6. The number of aromatic amines is 1. The summed E-state index contributed by atoms with van der Waals surface area (Å²) in [5.74, 6) is 1.26. The van der Waals surface area contributed by atoms with Gasteiger partial charge in [0.05, 0.1) is 11.0 Å². The summed E-state index contributed by atoms with van der Waals surface area (Å²) in [4.78, 5) is 20.2. The largest absolute Gasteiger partial charge is 0.412 e. The maximum absolute atomic E-state index is 12.1. The average Bonchev–Trinajstić information content (AvgIpc) is 3.11. The highest BCUT2D eigenvalue weighted by Crippen LogP contribution is 2.30. The fourth-order valence-corrected chi connectivity index (χ4v) is 3.19. The number of carbonyl (C=O) groups excluding carboxylic acids is 1. The first-order valence-corrected chi connectivity index (χ1v) is 8.16. The number of fused-ring (bicyclic) bond motifs is 3. The van der Waals surface area contributed by atoms with Crippen molar-refractivity contribution in [1.82, 2.24) is 14.5 Å². The Kier molecular flexibility index (Phi) is 4.18. The first kappa shape index (κ1) is 16.9. The van der Waals surface area contributed by atoms with E-state index in [1.165, 1.54) is 5.56 Å². The molecule has 0 aliphatic carbocycles. The predicted octanol–water partition coefficient (Wildman–Crippen LogP) is 4.14. The molecule has 2 aromatic carbocycles. The lowest BCUT2D eigenvalue weighted by atomic mass is 10.0. The Morgan fingerprint density at radius 2 is 1.76 bits per heavy atom. The quantitative estimate of drug-likeness (QED) is 0.597. The molecule has 128 valence electrons. The van der Waals surface area contributed by atoms with Crippen LogP contribution in [0.3, 0.4) is 0 Å². The molecule has 0 unspecified atom stereocenters. The predicted molar refractivity (Wildman–Crippen MR) is 101 cm³/mol. The van der Waals surface area contributed by atoms with Gasteiger partial charge < -0.3 is 10.5 Å². The molecule has 2 aromatic heterocycles. The average molecular weight is 335 g/mol. The lowest BCUT2D eigenvalue weighted by Gasteiger charge is -2.05. The van der Waals surface area contributed by atoms with Crippen LogP contribution in [0.2, 0.25) is 0 Å². The Morgan fingerprint density at radius 1 is 1.08 bits per heavy atom. The van der Waals surface area contributed by atoms with Gasteiger partial charge in [-0.25, -0.2) is 4.98 Å². The monoisotopic (exact) mass is 335 g/mol. The normalized spacial score (nSPS) is 11.2. The van der Waals surface area contributed by atoms with Crippen LogP contribution in [0.25, 0.3) is 33.5 Å². The Hall–Kier alpha value is -2.92. The number of hydrogen-bond acceptors (Lipinski definition) is 2. The summed E-state index contributed by atoms with van der Waals surface area (Å²) in [6, 6.07) is 16.3. The molecule has 0 spiro atoms. The molecule has 4 aromatic rings. The van der Waals surface area contributed by atoms with Gasteiger partial charge in [-0.2, -0.15) is 0 Å². The number of nitrogens with one attached hydrogen (secondary N) is 1. The number of para-hydroxylation sites is 1. The van der Waals surface area contributed by atoms with Crippen LogP contribution < -0.4 is 0 Å². The minimum absolute atomic E-state index is 0. The van der Waals surface area contributed by atoms with Crippen molar-refractivity contribution < 1.29 is 10.3 Å². The van der Waals surface area contributed by atoms with Gasteiger partial charge in [-0.1, -0.05) is 56.3 Å². The third kappa shape index (κ3) is 2.62. The van der Waals surface area contributed by atoms with E-state index in [9.17, 15) is 4.79 Å². The molecular formula is C20H21N3O2. The van der Waals surface area contributed by atoms with Gasteiger partial charge in [0.25, 0.3) is 0 Å². The Labute approximate surface area is 145 Å². The second-order valence-corrected chi connectivity index (χ2v) is 6.43. The molecule has 25 heavy (non-hydrogen) atoms. The zero-order chi connectivity index (χ0) is 16.8. The molecule has 0 fully saturated rings. The minimum Gasteiger partial charge on any atom is -0.412 e. The van der Waals surface area contributed by atoms with Crippen molar-refractivity contribution in [1.29, 1.82) is 0 Å². The van der Waals surface area contributed by atoms with Gasteiger partial charge in [-0.3, -0.25) is 9.36 Å². The number of hydrogen-bond donors (Lipinski definition) is 1.